The van der Waals surface area contributed by atoms with Crippen molar-refractivity contribution in [3.8, 4) is 5.75 Å². The molecule has 0 fully saturated rings. The van der Waals surface area contributed by atoms with E-state index >= 15 is 0 Å². The first-order valence-corrected chi connectivity index (χ1v) is 9.70. The van der Waals surface area contributed by atoms with Gasteiger partial charge >= 0.3 is 0 Å². The first-order valence-electron chi connectivity index (χ1n) is 8.71. The van der Waals surface area contributed by atoms with E-state index in [0.717, 1.165) is 23.5 Å². The Kier molecular flexibility index (Phi) is 5.78. The molecule has 1 aliphatic heterocycles. The number of anilines is 1. The fourth-order valence-electron chi connectivity index (χ4n) is 2.79. The van der Waals surface area contributed by atoms with Crippen LogP contribution in [0.15, 0.2) is 59.5 Å². The highest BCUT2D eigenvalue weighted by Gasteiger charge is 2.39. The van der Waals surface area contributed by atoms with Gasteiger partial charge in [0, 0.05) is 0 Å². The van der Waals surface area contributed by atoms with Crippen LogP contribution < -0.4 is 9.64 Å². The van der Waals surface area contributed by atoms with E-state index in [0.29, 0.717) is 22.8 Å². The number of rotatable bonds is 7. The minimum absolute atomic E-state index is 0.255. The van der Waals surface area contributed by atoms with E-state index < -0.39 is 0 Å². The summed E-state index contributed by atoms with van der Waals surface area (Å²) in [5.74, 6) is 0.948. The number of ether oxygens (including phenoxy) is 1. The number of imide groups is 1. The molecule has 0 radical (unpaired) electrons. The molecule has 0 atom stereocenters. The second kappa shape index (κ2) is 8.23. The standard InChI is InChI=1S/C21H21NO3S/c1-3-14-25-17-12-10-15(11-13-17)18-19(26-4-2)21(24)22(20(18)23)16-8-6-5-7-9-16/h5-13H,3-4,14H2,1-2H3. The second-order valence-corrected chi connectivity index (χ2v) is 7.07. The lowest BCUT2D eigenvalue weighted by molar-refractivity contribution is -0.119. The van der Waals surface area contributed by atoms with Gasteiger partial charge in [-0.05, 0) is 42.0 Å². The Bertz CT molecular complexity index is 828. The summed E-state index contributed by atoms with van der Waals surface area (Å²) in [4.78, 5) is 27.7. The van der Waals surface area contributed by atoms with Gasteiger partial charge in [-0.25, -0.2) is 4.90 Å². The average Bonchev–Trinajstić information content (AvgIpc) is 2.91. The summed E-state index contributed by atoms with van der Waals surface area (Å²) in [5.41, 5.74) is 1.80. The predicted octanol–water partition coefficient (Wildman–Crippen LogP) is 4.51. The second-order valence-electron chi connectivity index (χ2n) is 5.79. The molecule has 2 aromatic carbocycles. The zero-order valence-corrected chi connectivity index (χ0v) is 15.7. The van der Waals surface area contributed by atoms with Crippen molar-refractivity contribution in [3.05, 3.63) is 65.1 Å². The van der Waals surface area contributed by atoms with Crippen LogP contribution in [0.2, 0.25) is 0 Å². The van der Waals surface area contributed by atoms with E-state index in [1.165, 1.54) is 16.7 Å². The van der Waals surface area contributed by atoms with Crippen molar-refractivity contribution in [2.75, 3.05) is 17.3 Å². The lowest BCUT2D eigenvalue weighted by Gasteiger charge is -2.15. The molecule has 5 heteroatoms. The summed E-state index contributed by atoms with van der Waals surface area (Å²) >= 11 is 1.41. The molecule has 0 spiro atoms. The lowest BCUT2D eigenvalue weighted by Crippen LogP contribution is -2.31. The molecule has 1 heterocycles. The Morgan fingerprint density at radius 3 is 2.23 bits per heavy atom. The summed E-state index contributed by atoms with van der Waals surface area (Å²) in [6.07, 6.45) is 0.934. The predicted molar refractivity (Wildman–Crippen MR) is 106 cm³/mol. The highest BCUT2D eigenvalue weighted by molar-refractivity contribution is 8.04. The number of hydrogen-bond acceptors (Lipinski definition) is 4. The van der Waals surface area contributed by atoms with E-state index in [9.17, 15) is 9.59 Å². The number of amides is 2. The summed E-state index contributed by atoms with van der Waals surface area (Å²) in [7, 11) is 0. The Morgan fingerprint density at radius 2 is 1.62 bits per heavy atom. The van der Waals surface area contributed by atoms with E-state index in [2.05, 4.69) is 6.92 Å². The fourth-order valence-corrected chi connectivity index (χ4v) is 3.64. The van der Waals surface area contributed by atoms with Crippen LogP contribution >= 0.6 is 11.8 Å². The van der Waals surface area contributed by atoms with Crippen molar-refractivity contribution in [2.24, 2.45) is 0 Å². The number of nitrogens with zero attached hydrogens (tertiary/aromatic N) is 1. The Balaban J connectivity index is 1.97. The molecular weight excluding hydrogens is 346 g/mol. The van der Waals surface area contributed by atoms with Crippen molar-refractivity contribution in [3.63, 3.8) is 0 Å². The van der Waals surface area contributed by atoms with Gasteiger partial charge in [-0.15, -0.1) is 11.8 Å². The van der Waals surface area contributed by atoms with Gasteiger partial charge in [-0.1, -0.05) is 44.2 Å². The molecular formula is C21H21NO3S. The monoisotopic (exact) mass is 367 g/mol. The maximum absolute atomic E-state index is 13.1. The SMILES string of the molecule is CCCOc1ccc(C2=C(SCC)C(=O)N(c3ccccc3)C2=O)cc1. The topological polar surface area (TPSA) is 46.6 Å². The first kappa shape index (κ1) is 18.3. The third kappa shape index (κ3) is 3.53. The lowest BCUT2D eigenvalue weighted by atomic mass is 10.1. The summed E-state index contributed by atoms with van der Waals surface area (Å²) in [6.45, 7) is 4.67. The van der Waals surface area contributed by atoms with Gasteiger partial charge in [0.05, 0.1) is 22.8 Å². The largest absolute Gasteiger partial charge is 0.494 e. The van der Waals surface area contributed by atoms with Crippen LogP contribution in [-0.2, 0) is 9.59 Å². The molecule has 2 aromatic rings. The van der Waals surface area contributed by atoms with E-state index in [1.807, 2.05) is 49.4 Å². The van der Waals surface area contributed by atoms with Crippen LogP contribution in [-0.4, -0.2) is 24.2 Å². The van der Waals surface area contributed by atoms with Crippen molar-refractivity contribution in [1.29, 1.82) is 0 Å². The number of thioether (sulfide) groups is 1. The van der Waals surface area contributed by atoms with E-state index in [-0.39, 0.29) is 11.8 Å². The van der Waals surface area contributed by atoms with E-state index in [1.54, 1.807) is 12.1 Å². The minimum Gasteiger partial charge on any atom is -0.494 e. The van der Waals surface area contributed by atoms with Crippen LogP contribution in [0.3, 0.4) is 0 Å². The van der Waals surface area contributed by atoms with Crippen molar-refractivity contribution >= 4 is 34.8 Å². The summed E-state index contributed by atoms with van der Waals surface area (Å²) in [6, 6.07) is 16.4. The van der Waals surface area contributed by atoms with Crippen LogP contribution in [0, 0.1) is 0 Å². The maximum Gasteiger partial charge on any atom is 0.272 e. The zero-order valence-electron chi connectivity index (χ0n) is 14.9. The molecule has 0 aliphatic carbocycles. The molecule has 4 nitrogen and oxygen atoms in total. The molecule has 0 saturated carbocycles. The van der Waals surface area contributed by atoms with Crippen molar-refractivity contribution < 1.29 is 14.3 Å². The van der Waals surface area contributed by atoms with Gasteiger partial charge < -0.3 is 4.74 Å². The Hall–Kier alpha value is -2.53. The molecule has 0 unspecified atom stereocenters. The third-order valence-corrected chi connectivity index (χ3v) is 4.92. The minimum atomic E-state index is -0.278. The average molecular weight is 367 g/mol. The molecule has 26 heavy (non-hydrogen) atoms. The van der Waals surface area contributed by atoms with E-state index in [4.69, 9.17) is 4.74 Å². The third-order valence-electron chi connectivity index (χ3n) is 3.96. The number of para-hydroxylation sites is 1. The molecule has 0 N–H and O–H groups in total. The number of carbonyl (C=O) groups is 2. The number of carbonyl (C=O) groups excluding carboxylic acids is 2. The molecule has 2 amide bonds. The number of benzene rings is 2. The van der Waals surface area contributed by atoms with Crippen LogP contribution in [0.4, 0.5) is 5.69 Å². The quantitative estimate of drug-likeness (QED) is 0.676. The molecule has 0 bridgehead atoms. The first-order chi connectivity index (χ1) is 12.7. The van der Waals surface area contributed by atoms with Gasteiger partial charge in [-0.2, -0.15) is 0 Å². The molecule has 134 valence electrons. The molecule has 0 saturated heterocycles. The van der Waals surface area contributed by atoms with Gasteiger partial charge in [0.25, 0.3) is 11.8 Å². The Labute approximate surface area is 157 Å². The van der Waals surface area contributed by atoms with Gasteiger partial charge in [0.1, 0.15) is 5.75 Å². The van der Waals surface area contributed by atoms with Crippen molar-refractivity contribution in [1.82, 2.24) is 0 Å². The van der Waals surface area contributed by atoms with Gasteiger partial charge in [0.2, 0.25) is 0 Å². The highest BCUT2D eigenvalue weighted by atomic mass is 32.2. The van der Waals surface area contributed by atoms with Crippen molar-refractivity contribution in [2.45, 2.75) is 20.3 Å². The smallest absolute Gasteiger partial charge is 0.272 e. The van der Waals surface area contributed by atoms with Crippen LogP contribution in [0.5, 0.6) is 5.75 Å². The molecule has 0 aromatic heterocycles. The fraction of sp³-hybridized carbons (Fsp3) is 0.238. The highest BCUT2D eigenvalue weighted by Crippen LogP contribution is 2.38. The molecule has 3 rings (SSSR count). The van der Waals surface area contributed by atoms with Crippen LogP contribution in [0.1, 0.15) is 25.8 Å². The van der Waals surface area contributed by atoms with Crippen LogP contribution in [0.25, 0.3) is 5.57 Å². The summed E-state index contributed by atoms with van der Waals surface area (Å²) < 4.78 is 5.60. The maximum atomic E-state index is 13.1. The zero-order chi connectivity index (χ0) is 18.5. The van der Waals surface area contributed by atoms with Gasteiger partial charge in [0.15, 0.2) is 0 Å². The Morgan fingerprint density at radius 1 is 0.923 bits per heavy atom. The van der Waals surface area contributed by atoms with Gasteiger partial charge in [-0.3, -0.25) is 9.59 Å². The normalized spacial score (nSPS) is 14.3. The molecule has 1 aliphatic rings. The summed E-state index contributed by atoms with van der Waals surface area (Å²) in [5, 5.41) is 0. The number of hydrogen-bond donors (Lipinski definition) is 0.